The van der Waals surface area contributed by atoms with E-state index in [9.17, 15) is 4.21 Å². The molecular weight excluding hydrogens is 206 g/mol. The van der Waals surface area contributed by atoms with Crippen LogP contribution in [0.2, 0.25) is 0 Å². The molecule has 0 aliphatic rings. The fourth-order valence-electron chi connectivity index (χ4n) is 1.36. The van der Waals surface area contributed by atoms with Crippen LogP contribution in [0.5, 0.6) is 0 Å². The smallest absolute Gasteiger partial charge is 0.0357 e. The second-order valence-electron chi connectivity index (χ2n) is 3.87. The van der Waals surface area contributed by atoms with Crippen LogP contribution in [0.4, 0.5) is 0 Å². The summed E-state index contributed by atoms with van der Waals surface area (Å²) in [7, 11) is -0.694. The second-order valence-corrected chi connectivity index (χ2v) is 5.43. The highest BCUT2D eigenvalue weighted by atomic mass is 32.2. The van der Waals surface area contributed by atoms with Crippen molar-refractivity contribution in [2.45, 2.75) is 20.4 Å². The lowest BCUT2D eigenvalue weighted by molar-refractivity contribution is 0.676. The summed E-state index contributed by atoms with van der Waals surface area (Å²) >= 11 is 0. The largest absolute Gasteiger partial charge is 0.312 e. The second kappa shape index (κ2) is 6.03. The quantitative estimate of drug-likeness (QED) is 0.774. The van der Waals surface area contributed by atoms with E-state index in [1.165, 1.54) is 16.7 Å². The molecule has 0 aromatic heterocycles. The third-order valence-electron chi connectivity index (χ3n) is 2.47. The Morgan fingerprint density at radius 1 is 1.27 bits per heavy atom. The Labute approximate surface area is 94.5 Å². The van der Waals surface area contributed by atoms with Crippen LogP contribution >= 0.6 is 0 Å². The lowest BCUT2D eigenvalue weighted by Gasteiger charge is -2.06. The van der Waals surface area contributed by atoms with Gasteiger partial charge in [-0.25, -0.2) is 0 Å². The predicted octanol–water partition coefficient (Wildman–Crippen LogP) is 1.77. The van der Waals surface area contributed by atoms with Crippen molar-refractivity contribution < 1.29 is 4.21 Å². The van der Waals surface area contributed by atoms with Crippen LogP contribution in [-0.4, -0.2) is 22.8 Å². The number of rotatable bonds is 5. The first-order chi connectivity index (χ1) is 7.09. The van der Waals surface area contributed by atoms with Gasteiger partial charge in [0.1, 0.15) is 0 Å². The third kappa shape index (κ3) is 4.58. The molecule has 0 heterocycles. The maximum absolute atomic E-state index is 10.8. The van der Waals surface area contributed by atoms with Gasteiger partial charge in [0.2, 0.25) is 0 Å². The van der Waals surface area contributed by atoms with Crippen LogP contribution in [0.1, 0.15) is 16.7 Å². The summed E-state index contributed by atoms with van der Waals surface area (Å²) < 4.78 is 10.8. The SMILES string of the molecule is Cc1ccc(CNCCS(C)=O)cc1C. The zero-order chi connectivity index (χ0) is 11.3. The van der Waals surface area contributed by atoms with Gasteiger partial charge in [-0.2, -0.15) is 0 Å². The van der Waals surface area contributed by atoms with Crippen molar-refractivity contribution >= 4 is 10.8 Å². The first-order valence-electron chi connectivity index (χ1n) is 5.16. The molecule has 1 atom stereocenters. The van der Waals surface area contributed by atoms with Crippen LogP contribution in [0.15, 0.2) is 18.2 Å². The minimum atomic E-state index is -0.694. The number of aryl methyl sites for hydroxylation is 2. The Morgan fingerprint density at radius 2 is 2.00 bits per heavy atom. The molecular formula is C12H19NOS. The molecule has 0 spiro atoms. The summed E-state index contributed by atoms with van der Waals surface area (Å²) in [6, 6.07) is 6.48. The molecule has 3 heteroatoms. The lowest BCUT2D eigenvalue weighted by atomic mass is 10.1. The van der Waals surface area contributed by atoms with E-state index in [0.29, 0.717) is 0 Å². The highest BCUT2D eigenvalue weighted by Gasteiger charge is 1.96. The van der Waals surface area contributed by atoms with Crippen LogP contribution < -0.4 is 5.32 Å². The van der Waals surface area contributed by atoms with Crippen LogP contribution in [0, 0.1) is 13.8 Å². The summed E-state index contributed by atoms with van der Waals surface area (Å²) in [5, 5.41) is 3.29. The lowest BCUT2D eigenvalue weighted by Crippen LogP contribution is -2.19. The van der Waals surface area contributed by atoms with Crippen LogP contribution in [-0.2, 0) is 17.3 Å². The maximum Gasteiger partial charge on any atom is 0.0357 e. The van der Waals surface area contributed by atoms with Crippen molar-refractivity contribution in [3.8, 4) is 0 Å². The van der Waals surface area contributed by atoms with E-state index in [2.05, 4.69) is 37.4 Å². The Morgan fingerprint density at radius 3 is 2.60 bits per heavy atom. The Kier molecular flexibility index (Phi) is 4.99. The topological polar surface area (TPSA) is 29.1 Å². The fourth-order valence-corrected chi connectivity index (χ4v) is 1.79. The normalized spacial score (nSPS) is 12.7. The monoisotopic (exact) mass is 225 g/mol. The van der Waals surface area contributed by atoms with Gasteiger partial charge in [-0.05, 0) is 30.5 Å². The van der Waals surface area contributed by atoms with Crippen molar-refractivity contribution in [2.75, 3.05) is 18.6 Å². The van der Waals surface area contributed by atoms with Crippen molar-refractivity contribution in [2.24, 2.45) is 0 Å². The maximum atomic E-state index is 10.8. The summed E-state index contributed by atoms with van der Waals surface area (Å²) in [6.45, 7) is 5.92. The molecule has 0 saturated heterocycles. The fraction of sp³-hybridized carbons (Fsp3) is 0.500. The van der Waals surface area contributed by atoms with Gasteiger partial charge >= 0.3 is 0 Å². The molecule has 1 N–H and O–H groups in total. The summed E-state index contributed by atoms with van der Waals surface area (Å²) in [5.74, 6) is 0.727. The molecule has 1 aromatic rings. The Hall–Kier alpha value is -0.670. The highest BCUT2D eigenvalue weighted by molar-refractivity contribution is 7.84. The number of hydrogen-bond acceptors (Lipinski definition) is 2. The zero-order valence-electron chi connectivity index (χ0n) is 9.67. The molecule has 1 aromatic carbocycles. The number of hydrogen-bond donors (Lipinski definition) is 1. The molecule has 1 unspecified atom stereocenters. The first kappa shape index (κ1) is 12.4. The minimum Gasteiger partial charge on any atom is -0.312 e. The summed E-state index contributed by atoms with van der Waals surface area (Å²) in [5.41, 5.74) is 3.95. The summed E-state index contributed by atoms with van der Waals surface area (Å²) in [6.07, 6.45) is 1.73. The predicted molar refractivity (Wildman–Crippen MR) is 66.6 cm³/mol. The summed E-state index contributed by atoms with van der Waals surface area (Å²) in [4.78, 5) is 0. The van der Waals surface area contributed by atoms with Crippen molar-refractivity contribution in [3.63, 3.8) is 0 Å². The molecule has 84 valence electrons. The van der Waals surface area contributed by atoms with Crippen molar-refractivity contribution in [3.05, 3.63) is 34.9 Å². The van der Waals surface area contributed by atoms with E-state index >= 15 is 0 Å². The minimum absolute atomic E-state index is 0.694. The van der Waals surface area contributed by atoms with E-state index in [1.54, 1.807) is 6.26 Å². The van der Waals surface area contributed by atoms with Gasteiger partial charge in [0.05, 0.1) is 0 Å². The molecule has 0 aliphatic carbocycles. The van der Waals surface area contributed by atoms with Gasteiger partial charge in [0, 0.05) is 35.9 Å². The van der Waals surface area contributed by atoms with Gasteiger partial charge < -0.3 is 5.32 Å². The van der Waals surface area contributed by atoms with Gasteiger partial charge in [-0.1, -0.05) is 18.2 Å². The molecule has 1 rings (SSSR count). The van der Waals surface area contributed by atoms with Gasteiger partial charge in [0.15, 0.2) is 0 Å². The van der Waals surface area contributed by atoms with E-state index in [-0.39, 0.29) is 0 Å². The van der Waals surface area contributed by atoms with Crippen molar-refractivity contribution in [1.82, 2.24) is 5.32 Å². The molecule has 0 radical (unpaired) electrons. The average molecular weight is 225 g/mol. The average Bonchev–Trinajstić information content (AvgIpc) is 2.18. The van der Waals surface area contributed by atoms with Crippen LogP contribution in [0.3, 0.4) is 0 Å². The molecule has 15 heavy (non-hydrogen) atoms. The number of nitrogens with one attached hydrogen (secondary N) is 1. The van der Waals surface area contributed by atoms with Crippen molar-refractivity contribution in [1.29, 1.82) is 0 Å². The zero-order valence-corrected chi connectivity index (χ0v) is 10.5. The molecule has 0 saturated carbocycles. The van der Waals surface area contributed by atoms with E-state index in [1.807, 2.05) is 0 Å². The molecule has 0 fully saturated rings. The Bertz CT molecular complexity index is 349. The molecule has 2 nitrogen and oxygen atoms in total. The van der Waals surface area contributed by atoms with E-state index in [4.69, 9.17) is 0 Å². The molecule has 0 aliphatic heterocycles. The van der Waals surface area contributed by atoms with E-state index < -0.39 is 10.8 Å². The Balaban J connectivity index is 2.38. The molecule has 0 amide bonds. The van der Waals surface area contributed by atoms with Gasteiger partial charge in [-0.3, -0.25) is 4.21 Å². The highest BCUT2D eigenvalue weighted by Crippen LogP contribution is 2.09. The van der Waals surface area contributed by atoms with Crippen LogP contribution in [0.25, 0.3) is 0 Å². The molecule has 0 bridgehead atoms. The van der Waals surface area contributed by atoms with Gasteiger partial charge in [0.25, 0.3) is 0 Å². The van der Waals surface area contributed by atoms with Gasteiger partial charge in [-0.15, -0.1) is 0 Å². The standard InChI is InChI=1S/C12H19NOS/c1-10-4-5-12(8-11(10)2)9-13-6-7-15(3)14/h4-5,8,13H,6-7,9H2,1-3H3. The first-order valence-corrected chi connectivity index (χ1v) is 6.89. The third-order valence-corrected chi connectivity index (χ3v) is 3.25. The number of benzene rings is 1. The van der Waals surface area contributed by atoms with E-state index in [0.717, 1.165) is 18.8 Å².